The van der Waals surface area contributed by atoms with Gasteiger partial charge in [-0.3, -0.25) is 9.78 Å². The fourth-order valence-electron chi connectivity index (χ4n) is 1.58. The molecule has 0 bridgehead atoms. The number of nitrogens with zero attached hydrogens (tertiary/aromatic N) is 6. The first-order valence-electron chi connectivity index (χ1n) is 5.60. The van der Waals surface area contributed by atoms with Crippen molar-refractivity contribution in [2.45, 2.75) is 16.7 Å². The van der Waals surface area contributed by atoms with Crippen LogP contribution in [0.15, 0.2) is 40.6 Å². The van der Waals surface area contributed by atoms with Crippen molar-refractivity contribution in [2.75, 3.05) is 0 Å². The van der Waals surface area contributed by atoms with Gasteiger partial charge in [-0.05, 0) is 34.3 Å². The topological polar surface area (TPSA) is 107 Å². The first-order chi connectivity index (χ1) is 9.72. The van der Waals surface area contributed by atoms with E-state index in [1.165, 1.54) is 16.4 Å². The lowest BCUT2D eigenvalue weighted by atomic mass is 10.3. The van der Waals surface area contributed by atoms with Gasteiger partial charge in [-0.25, -0.2) is 9.67 Å². The average molecular weight is 288 g/mol. The van der Waals surface area contributed by atoms with E-state index in [4.69, 9.17) is 5.11 Å². The molecule has 0 spiro atoms. The van der Waals surface area contributed by atoms with Gasteiger partial charge in [0.25, 0.3) is 0 Å². The van der Waals surface area contributed by atoms with Crippen LogP contribution in [0.4, 0.5) is 0 Å². The van der Waals surface area contributed by atoms with Crippen LogP contribution >= 0.6 is 11.8 Å². The van der Waals surface area contributed by atoms with Crippen LogP contribution in [0.25, 0.3) is 11.0 Å². The summed E-state index contributed by atoms with van der Waals surface area (Å²) < 4.78 is 1.20. The molecule has 8 nitrogen and oxygen atoms in total. The maximum absolute atomic E-state index is 10.7. The van der Waals surface area contributed by atoms with Crippen LogP contribution in [-0.4, -0.2) is 41.3 Å². The van der Waals surface area contributed by atoms with Gasteiger partial charge in [0, 0.05) is 0 Å². The molecular formula is C11H8N6O2S. The van der Waals surface area contributed by atoms with Crippen molar-refractivity contribution in [1.82, 2.24) is 30.2 Å². The minimum atomic E-state index is -1.01. The third kappa shape index (κ3) is 2.57. The van der Waals surface area contributed by atoms with E-state index in [1.807, 2.05) is 24.3 Å². The quantitative estimate of drug-likeness (QED) is 0.753. The van der Waals surface area contributed by atoms with Gasteiger partial charge in [0.05, 0.1) is 17.2 Å². The number of carboxylic acid groups (broad SMARTS) is 1. The summed E-state index contributed by atoms with van der Waals surface area (Å²) >= 11 is 1.17. The first-order valence-corrected chi connectivity index (χ1v) is 6.41. The number of fused-ring (bicyclic) bond motifs is 1. The number of aromatic nitrogens is 6. The molecule has 0 aliphatic heterocycles. The van der Waals surface area contributed by atoms with E-state index in [9.17, 15) is 4.79 Å². The number of para-hydroxylation sites is 2. The van der Waals surface area contributed by atoms with E-state index >= 15 is 0 Å². The molecule has 9 heteroatoms. The van der Waals surface area contributed by atoms with Crippen molar-refractivity contribution < 1.29 is 9.90 Å². The molecule has 0 fully saturated rings. The van der Waals surface area contributed by atoms with E-state index in [0.29, 0.717) is 10.2 Å². The van der Waals surface area contributed by atoms with Crippen LogP contribution in [0.3, 0.4) is 0 Å². The number of rotatable bonds is 4. The molecule has 2 heterocycles. The first kappa shape index (κ1) is 12.5. The van der Waals surface area contributed by atoms with Crippen LogP contribution in [0.1, 0.15) is 0 Å². The van der Waals surface area contributed by atoms with Gasteiger partial charge in [0.2, 0.25) is 5.16 Å². The Labute approximate surface area is 116 Å². The molecule has 1 N–H and O–H groups in total. The zero-order valence-corrected chi connectivity index (χ0v) is 10.9. The number of benzene rings is 1. The molecule has 3 aromatic rings. The summed E-state index contributed by atoms with van der Waals surface area (Å²) in [5.41, 5.74) is 1.55. The van der Waals surface area contributed by atoms with Crippen molar-refractivity contribution in [3.63, 3.8) is 0 Å². The Morgan fingerprint density at radius 3 is 2.90 bits per heavy atom. The van der Waals surface area contributed by atoms with E-state index in [1.54, 1.807) is 6.20 Å². The van der Waals surface area contributed by atoms with Crippen LogP contribution in [0.2, 0.25) is 0 Å². The highest BCUT2D eigenvalue weighted by molar-refractivity contribution is 7.99. The van der Waals surface area contributed by atoms with Crippen LogP contribution < -0.4 is 0 Å². The molecule has 20 heavy (non-hydrogen) atoms. The van der Waals surface area contributed by atoms with Gasteiger partial charge in [-0.2, -0.15) is 0 Å². The van der Waals surface area contributed by atoms with Gasteiger partial charge in [0.15, 0.2) is 0 Å². The third-order valence-corrected chi connectivity index (χ3v) is 3.29. The molecule has 100 valence electrons. The van der Waals surface area contributed by atoms with E-state index in [-0.39, 0.29) is 6.54 Å². The number of hydrogen-bond acceptors (Lipinski definition) is 7. The Balaban J connectivity index is 1.89. The molecule has 0 radical (unpaired) electrons. The monoisotopic (exact) mass is 288 g/mol. The van der Waals surface area contributed by atoms with Crippen molar-refractivity contribution >= 4 is 28.8 Å². The van der Waals surface area contributed by atoms with E-state index in [0.717, 1.165) is 11.0 Å². The number of hydrogen-bond donors (Lipinski definition) is 1. The lowest BCUT2D eigenvalue weighted by Crippen LogP contribution is -2.11. The SMILES string of the molecule is O=C(O)Cn1nnnc1Sc1cnc2ccccc2n1. The van der Waals surface area contributed by atoms with E-state index in [2.05, 4.69) is 25.5 Å². The van der Waals surface area contributed by atoms with E-state index < -0.39 is 5.97 Å². The maximum atomic E-state index is 10.7. The molecule has 0 atom stereocenters. The zero-order valence-electron chi connectivity index (χ0n) is 10.0. The van der Waals surface area contributed by atoms with Crippen molar-refractivity contribution in [3.8, 4) is 0 Å². The molecule has 0 saturated carbocycles. The number of carbonyl (C=O) groups is 1. The van der Waals surface area contributed by atoms with Crippen LogP contribution in [-0.2, 0) is 11.3 Å². The molecule has 3 rings (SSSR count). The summed E-state index contributed by atoms with van der Waals surface area (Å²) in [7, 11) is 0. The summed E-state index contributed by atoms with van der Waals surface area (Å²) in [4.78, 5) is 19.4. The Bertz CT molecular complexity index is 774. The van der Waals surface area contributed by atoms with Gasteiger partial charge in [-0.1, -0.05) is 12.1 Å². The molecule has 0 amide bonds. The Hall–Kier alpha value is -2.55. The highest BCUT2D eigenvalue weighted by atomic mass is 32.2. The van der Waals surface area contributed by atoms with Crippen molar-refractivity contribution in [2.24, 2.45) is 0 Å². The predicted octanol–water partition coefficient (Wildman–Crippen LogP) is 0.852. The minimum Gasteiger partial charge on any atom is -0.480 e. The van der Waals surface area contributed by atoms with Gasteiger partial charge in [0.1, 0.15) is 11.6 Å². The highest BCUT2D eigenvalue weighted by Gasteiger charge is 2.12. The summed E-state index contributed by atoms with van der Waals surface area (Å²) in [6, 6.07) is 7.48. The minimum absolute atomic E-state index is 0.295. The van der Waals surface area contributed by atoms with Crippen LogP contribution in [0, 0.1) is 0 Å². The smallest absolute Gasteiger partial charge is 0.325 e. The summed E-state index contributed by atoms with van der Waals surface area (Å²) in [5.74, 6) is -1.01. The number of carboxylic acids is 1. The lowest BCUT2D eigenvalue weighted by Gasteiger charge is -2.02. The molecular weight excluding hydrogens is 280 g/mol. The van der Waals surface area contributed by atoms with Gasteiger partial charge >= 0.3 is 5.97 Å². The second kappa shape index (κ2) is 5.21. The molecule has 0 saturated heterocycles. The molecule has 0 aliphatic carbocycles. The normalized spacial score (nSPS) is 10.8. The molecule has 1 aromatic carbocycles. The molecule has 0 unspecified atom stereocenters. The highest BCUT2D eigenvalue weighted by Crippen LogP contribution is 2.24. The molecule has 2 aromatic heterocycles. The maximum Gasteiger partial charge on any atom is 0.325 e. The van der Waals surface area contributed by atoms with Crippen molar-refractivity contribution in [3.05, 3.63) is 30.5 Å². The number of aliphatic carboxylic acids is 1. The second-order valence-electron chi connectivity index (χ2n) is 3.81. The zero-order chi connectivity index (χ0) is 13.9. The average Bonchev–Trinajstić information content (AvgIpc) is 2.85. The summed E-state index contributed by atoms with van der Waals surface area (Å²) in [5, 5.41) is 20.6. The standard InChI is InChI=1S/C11H8N6O2S/c18-10(19)6-17-11(14-15-16-17)20-9-5-12-7-3-1-2-4-8(7)13-9/h1-5H,6H2,(H,18,19). The Morgan fingerprint density at radius 2 is 2.10 bits per heavy atom. The van der Waals surface area contributed by atoms with Gasteiger partial charge in [-0.15, -0.1) is 5.10 Å². The number of tetrazole rings is 1. The third-order valence-electron chi connectivity index (χ3n) is 2.41. The Morgan fingerprint density at radius 1 is 1.30 bits per heavy atom. The lowest BCUT2D eigenvalue weighted by molar-refractivity contribution is -0.138. The fourth-order valence-corrected chi connectivity index (χ4v) is 2.30. The second-order valence-corrected chi connectivity index (χ2v) is 4.80. The predicted molar refractivity (Wildman–Crippen MR) is 69.1 cm³/mol. The largest absolute Gasteiger partial charge is 0.480 e. The Kier molecular flexibility index (Phi) is 3.25. The van der Waals surface area contributed by atoms with Gasteiger partial charge < -0.3 is 5.11 Å². The molecule has 0 aliphatic rings. The summed E-state index contributed by atoms with van der Waals surface area (Å²) in [6.45, 7) is -0.295. The van der Waals surface area contributed by atoms with Crippen LogP contribution in [0.5, 0.6) is 0 Å². The van der Waals surface area contributed by atoms with Crippen molar-refractivity contribution in [1.29, 1.82) is 0 Å². The fraction of sp³-hybridized carbons (Fsp3) is 0.0909. The summed E-state index contributed by atoms with van der Waals surface area (Å²) in [6.07, 6.45) is 1.60.